The molecule has 1 saturated carbocycles. The number of nitrogens with zero attached hydrogens (tertiary/aromatic N) is 1. The molecule has 0 bridgehead atoms. The molecule has 3 aromatic rings. The summed E-state index contributed by atoms with van der Waals surface area (Å²) in [6.07, 6.45) is 2.06. The molecule has 2 aliphatic rings. The van der Waals surface area contributed by atoms with Crippen molar-refractivity contribution >= 4 is 16.8 Å². The van der Waals surface area contributed by atoms with Crippen LogP contribution in [-0.4, -0.2) is 36.6 Å². The van der Waals surface area contributed by atoms with Crippen molar-refractivity contribution in [2.24, 2.45) is 0 Å². The van der Waals surface area contributed by atoms with E-state index in [1.165, 1.54) is 24.8 Å². The minimum atomic E-state index is -0.374. The maximum Gasteiger partial charge on any atom is 0.220 e. The van der Waals surface area contributed by atoms with E-state index in [1.807, 2.05) is 23.1 Å². The van der Waals surface area contributed by atoms with Crippen molar-refractivity contribution in [2.45, 2.75) is 31.2 Å². The van der Waals surface area contributed by atoms with Crippen molar-refractivity contribution in [1.82, 2.24) is 9.88 Å². The highest BCUT2D eigenvalue weighted by Gasteiger charge is 2.55. The van der Waals surface area contributed by atoms with E-state index in [2.05, 4.69) is 4.98 Å². The van der Waals surface area contributed by atoms with Crippen LogP contribution in [-0.2, 0) is 10.2 Å². The molecule has 1 N–H and O–H groups in total. The molecule has 1 aromatic heterocycles. The second kappa shape index (κ2) is 6.24. The third kappa shape index (κ3) is 2.55. The van der Waals surface area contributed by atoms with Gasteiger partial charge in [0.2, 0.25) is 5.91 Å². The van der Waals surface area contributed by atoms with Gasteiger partial charge in [0.1, 0.15) is 23.4 Å². The van der Waals surface area contributed by atoms with Crippen molar-refractivity contribution in [3.05, 3.63) is 59.0 Å². The number of hydrogen-bond acceptors (Lipinski definition) is 3. The highest BCUT2D eigenvalue weighted by atomic mass is 19.1. The Morgan fingerprint density at radius 3 is 2.59 bits per heavy atom. The Balaban J connectivity index is 1.82. The van der Waals surface area contributed by atoms with E-state index in [4.69, 9.17) is 9.47 Å². The fourth-order valence-electron chi connectivity index (χ4n) is 4.90. The van der Waals surface area contributed by atoms with Crippen LogP contribution in [0.5, 0.6) is 11.5 Å². The van der Waals surface area contributed by atoms with E-state index < -0.39 is 0 Å². The molecule has 1 amide bonds. The standard InChI is InChI=1S/C23H23FN2O3/c1-13(27)26-12-23(9-10-23)20-19-16(5-4-6-17(19)28-2)25-21(20)22(26)15-8-7-14(24)11-18(15)29-3/h4-8,11,22,25H,9-10,12H2,1-3H3. The topological polar surface area (TPSA) is 54.6 Å². The number of fused-ring (bicyclic) bond motifs is 4. The monoisotopic (exact) mass is 394 g/mol. The molecule has 6 heteroatoms. The van der Waals surface area contributed by atoms with Crippen LogP contribution in [0.1, 0.15) is 42.6 Å². The van der Waals surface area contributed by atoms with Gasteiger partial charge in [-0.15, -0.1) is 0 Å². The number of amides is 1. The second-order valence-electron chi connectivity index (χ2n) is 8.01. The maximum atomic E-state index is 13.9. The second-order valence-corrected chi connectivity index (χ2v) is 8.01. The SMILES string of the molecule is COc1cc(F)ccc1C1c2[nH]c3cccc(OC)c3c2C2(CC2)CN1C(C)=O. The average molecular weight is 394 g/mol. The summed E-state index contributed by atoms with van der Waals surface area (Å²) in [5, 5.41) is 1.08. The smallest absolute Gasteiger partial charge is 0.220 e. The first-order chi connectivity index (χ1) is 14.0. The quantitative estimate of drug-likeness (QED) is 0.720. The summed E-state index contributed by atoms with van der Waals surface area (Å²) in [4.78, 5) is 18.1. The first-order valence-corrected chi connectivity index (χ1v) is 9.79. The molecular formula is C23H23FN2O3. The predicted octanol–water partition coefficient (Wildman–Crippen LogP) is 4.31. The van der Waals surface area contributed by atoms with Crippen LogP contribution in [0.3, 0.4) is 0 Å². The lowest BCUT2D eigenvalue weighted by atomic mass is 9.82. The molecule has 1 unspecified atom stereocenters. The predicted molar refractivity (Wildman–Crippen MR) is 108 cm³/mol. The summed E-state index contributed by atoms with van der Waals surface area (Å²) < 4.78 is 25.0. The van der Waals surface area contributed by atoms with E-state index >= 15 is 0 Å². The number of methoxy groups -OCH3 is 2. The van der Waals surface area contributed by atoms with Crippen LogP contribution in [0.4, 0.5) is 4.39 Å². The van der Waals surface area contributed by atoms with E-state index in [0.717, 1.165) is 40.8 Å². The van der Waals surface area contributed by atoms with E-state index in [1.54, 1.807) is 20.1 Å². The number of carbonyl (C=O) groups excluding carboxylic acids is 1. The number of carbonyl (C=O) groups is 1. The Hall–Kier alpha value is -3.02. The van der Waals surface area contributed by atoms with Gasteiger partial charge in [0, 0.05) is 47.1 Å². The lowest BCUT2D eigenvalue weighted by Gasteiger charge is -2.40. The zero-order valence-corrected chi connectivity index (χ0v) is 16.7. The third-order valence-corrected chi connectivity index (χ3v) is 6.37. The normalized spacial score (nSPS) is 19.3. The number of aromatic amines is 1. The van der Waals surface area contributed by atoms with Crippen molar-refractivity contribution in [3.8, 4) is 11.5 Å². The zero-order chi connectivity index (χ0) is 20.3. The minimum absolute atomic E-state index is 0.0103. The Labute approximate surface area is 168 Å². The summed E-state index contributed by atoms with van der Waals surface area (Å²) in [5.41, 5.74) is 3.88. The van der Waals surface area contributed by atoms with E-state index in [9.17, 15) is 9.18 Å². The number of halogens is 1. The number of benzene rings is 2. The van der Waals surface area contributed by atoms with Crippen molar-refractivity contribution in [1.29, 1.82) is 0 Å². The molecule has 150 valence electrons. The highest BCUT2D eigenvalue weighted by molar-refractivity contribution is 5.93. The first kappa shape index (κ1) is 18.0. The minimum Gasteiger partial charge on any atom is -0.496 e. The number of rotatable bonds is 3. The first-order valence-electron chi connectivity index (χ1n) is 9.79. The van der Waals surface area contributed by atoms with Gasteiger partial charge in [-0.25, -0.2) is 4.39 Å². The molecule has 1 aliphatic heterocycles. The molecule has 1 spiro atoms. The van der Waals surface area contributed by atoms with Gasteiger partial charge in [-0.2, -0.15) is 0 Å². The molecule has 5 rings (SSSR count). The van der Waals surface area contributed by atoms with E-state index in [-0.39, 0.29) is 23.2 Å². The third-order valence-electron chi connectivity index (χ3n) is 6.37. The Morgan fingerprint density at radius 1 is 1.17 bits per heavy atom. The van der Waals surface area contributed by atoms with Crippen LogP contribution in [0, 0.1) is 5.82 Å². The van der Waals surface area contributed by atoms with Crippen LogP contribution >= 0.6 is 0 Å². The van der Waals surface area contributed by atoms with Crippen molar-refractivity contribution in [2.75, 3.05) is 20.8 Å². The molecule has 1 fully saturated rings. The lowest BCUT2D eigenvalue weighted by molar-refractivity contribution is -0.131. The maximum absolute atomic E-state index is 13.9. The Bertz CT molecular complexity index is 1130. The van der Waals surface area contributed by atoms with Gasteiger partial charge in [-0.3, -0.25) is 4.79 Å². The van der Waals surface area contributed by atoms with Crippen LogP contribution in [0.15, 0.2) is 36.4 Å². The van der Waals surface area contributed by atoms with Crippen LogP contribution in [0.2, 0.25) is 0 Å². The van der Waals surface area contributed by atoms with E-state index in [0.29, 0.717) is 12.3 Å². The largest absolute Gasteiger partial charge is 0.496 e. The van der Waals surface area contributed by atoms with Gasteiger partial charge in [-0.1, -0.05) is 6.07 Å². The number of nitrogens with one attached hydrogen (secondary N) is 1. The molecule has 29 heavy (non-hydrogen) atoms. The summed E-state index contributed by atoms with van der Waals surface area (Å²) in [6, 6.07) is 10.1. The summed E-state index contributed by atoms with van der Waals surface area (Å²) in [6.45, 7) is 2.22. The van der Waals surface area contributed by atoms with Crippen molar-refractivity contribution in [3.63, 3.8) is 0 Å². The molecule has 1 aliphatic carbocycles. The van der Waals surface area contributed by atoms with Gasteiger partial charge in [0.05, 0.1) is 14.2 Å². The fraction of sp³-hybridized carbons (Fsp3) is 0.348. The molecule has 2 heterocycles. The van der Waals surface area contributed by atoms with Gasteiger partial charge >= 0.3 is 0 Å². The van der Waals surface area contributed by atoms with Gasteiger partial charge in [0.25, 0.3) is 0 Å². The summed E-state index contributed by atoms with van der Waals surface area (Å²) in [5.74, 6) is 0.883. The van der Waals surface area contributed by atoms with Gasteiger partial charge in [-0.05, 0) is 42.7 Å². The Morgan fingerprint density at radius 2 is 1.93 bits per heavy atom. The van der Waals surface area contributed by atoms with Gasteiger partial charge < -0.3 is 19.4 Å². The molecule has 0 saturated heterocycles. The van der Waals surface area contributed by atoms with Gasteiger partial charge in [0.15, 0.2) is 0 Å². The number of ether oxygens (including phenoxy) is 2. The summed E-state index contributed by atoms with van der Waals surface area (Å²) >= 11 is 0. The van der Waals surface area contributed by atoms with Crippen LogP contribution in [0.25, 0.3) is 10.9 Å². The summed E-state index contributed by atoms with van der Waals surface area (Å²) in [7, 11) is 3.20. The average Bonchev–Trinajstić information content (AvgIpc) is 3.36. The number of H-pyrrole nitrogens is 1. The Kier molecular flexibility index (Phi) is 3.88. The molecule has 1 atom stereocenters. The number of aromatic nitrogens is 1. The highest BCUT2D eigenvalue weighted by Crippen LogP contribution is 2.59. The number of hydrogen-bond donors (Lipinski definition) is 1. The zero-order valence-electron chi connectivity index (χ0n) is 16.7. The van der Waals surface area contributed by atoms with Crippen molar-refractivity contribution < 1.29 is 18.7 Å². The molecule has 2 aromatic carbocycles. The molecule has 5 nitrogen and oxygen atoms in total. The lowest BCUT2D eigenvalue weighted by Crippen LogP contribution is -2.44. The van der Waals surface area contributed by atoms with Crippen LogP contribution < -0.4 is 9.47 Å². The molecule has 0 radical (unpaired) electrons. The fourth-order valence-corrected chi connectivity index (χ4v) is 4.90. The molecular weight excluding hydrogens is 371 g/mol.